The zero-order chi connectivity index (χ0) is 21.8. The fourth-order valence-electron chi connectivity index (χ4n) is 4.04. The molecule has 1 amide bonds. The number of likely N-dealkylation sites (tertiary alicyclic amines) is 1. The molecule has 1 aliphatic rings. The first kappa shape index (κ1) is 21.4. The van der Waals surface area contributed by atoms with Crippen LogP contribution in [0.25, 0.3) is 11.1 Å². The van der Waals surface area contributed by atoms with Gasteiger partial charge in [-0.2, -0.15) is 0 Å². The van der Waals surface area contributed by atoms with E-state index in [9.17, 15) is 9.18 Å². The van der Waals surface area contributed by atoms with Crippen LogP contribution in [0, 0.1) is 5.82 Å². The average molecular weight is 439 g/mol. The number of hydrogen-bond acceptors (Lipinski definition) is 4. The molecular formula is C24H24ClFN4O. The van der Waals surface area contributed by atoms with E-state index < -0.39 is 5.82 Å². The third-order valence-corrected chi connectivity index (χ3v) is 5.87. The number of amides is 1. The molecule has 1 saturated heterocycles. The zero-order valence-electron chi connectivity index (χ0n) is 17.4. The van der Waals surface area contributed by atoms with Crippen LogP contribution in [0.2, 0.25) is 5.02 Å². The zero-order valence-corrected chi connectivity index (χ0v) is 18.1. The van der Waals surface area contributed by atoms with Crippen LogP contribution in [-0.4, -0.2) is 32.3 Å². The van der Waals surface area contributed by atoms with E-state index in [1.807, 2.05) is 23.2 Å². The first-order chi connectivity index (χ1) is 15.1. The fraction of sp³-hybridized carbons (Fsp3) is 0.333. The minimum atomic E-state index is -0.534. The highest BCUT2D eigenvalue weighted by Gasteiger charge is 2.32. The van der Waals surface area contributed by atoms with Gasteiger partial charge >= 0.3 is 0 Å². The maximum atomic E-state index is 13.6. The van der Waals surface area contributed by atoms with Crippen molar-refractivity contribution in [1.82, 2.24) is 19.9 Å². The van der Waals surface area contributed by atoms with Crippen LogP contribution >= 0.6 is 11.6 Å². The Kier molecular flexibility index (Phi) is 6.56. The Morgan fingerprint density at radius 2 is 2.03 bits per heavy atom. The van der Waals surface area contributed by atoms with Gasteiger partial charge in [0.05, 0.1) is 16.8 Å². The molecule has 160 valence electrons. The normalized spacial score (nSPS) is 16.4. The molecule has 1 atom stereocenters. The lowest BCUT2D eigenvalue weighted by atomic mass is 9.93. The number of piperidine rings is 1. The molecule has 5 nitrogen and oxygen atoms in total. The van der Waals surface area contributed by atoms with Gasteiger partial charge in [0.25, 0.3) is 5.91 Å². The lowest BCUT2D eigenvalue weighted by Crippen LogP contribution is -2.39. The van der Waals surface area contributed by atoms with E-state index in [1.54, 1.807) is 12.4 Å². The Balaban J connectivity index is 1.77. The number of pyridine rings is 1. The molecule has 2 aromatic heterocycles. The number of benzene rings is 1. The van der Waals surface area contributed by atoms with E-state index in [2.05, 4.69) is 16.9 Å². The summed E-state index contributed by atoms with van der Waals surface area (Å²) in [5.41, 5.74) is 3.11. The summed E-state index contributed by atoms with van der Waals surface area (Å²) in [6.07, 6.45) is 9.77. The largest absolute Gasteiger partial charge is 0.330 e. The molecule has 1 aromatic carbocycles. The van der Waals surface area contributed by atoms with Crippen LogP contribution < -0.4 is 0 Å². The third-order valence-electron chi connectivity index (χ3n) is 5.58. The van der Waals surface area contributed by atoms with Crippen molar-refractivity contribution >= 4 is 17.5 Å². The minimum absolute atomic E-state index is 0.0517. The quantitative estimate of drug-likeness (QED) is 0.516. The number of halogens is 2. The summed E-state index contributed by atoms with van der Waals surface area (Å²) in [6, 6.07) is 7.79. The maximum absolute atomic E-state index is 13.6. The maximum Gasteiger partial charge on any atom is 0.254 e. The van der Waals surface area contributed by atoms with Gasteiger partial charge in [-0.15, -0.1) is 0 Å². The summed E-state index contributed by atoms with van der Waals surface area (Å²) < 4.78 is 13.6. The van der Waals surface area contributed by atoms with Crippen molar-refractivity contribution in [2.45, 2.75) is 45.1 Å². The molecular weight excluding hydrogens is 415 g/mol. The summed E-state index contributed by atoms with van der Waals surface area (Å²) >= 11 is 5.94. The van der Waals surface area contributed by atoms with Crippen molar-refractivity contribution in [1.29, 1.82) is 0 Å². The predicted octanol–water partition coefficient (Wildman–Crippen LogP) is 5.65. The molecule has 0 radical (unpaired) electrons. The van der Waals surface area contributed by atoms with E-state index in [4.69, 9.17) is 16.6 Å². The monoisotopic (exact) mass is 438 g/mol. The number of carbonyl (C=O) groups excluding carboxylic acids is 1. The molecule has 0 aliphatic carbocycles. The summed E-state index contributed by atoms with van der Waals surface area (Å²) in [7, 11) is 0. The molecule has 0 saturated carbocycles. The van der Waals surface area contributed by atoms with Crippen LogP contribution in [-0.2, 0) is 6.42 Å². The molecule has 0 N–H and O–H groups in total. The first-order valence-electron chi connectivity index (χ1n) is 10.6. The highest BCUT2D eigenvalue weighted by atomic mass is 35.5. The lowest BCUT2D eigenvalue weighted by Gasteiger charge is -2.36. The minimum Gasteiger partial charge on any atom is -0.330 e. The van der Waals surface area contributed by atoms with Gasteiger partial charge in [0.15, 0.2) is 0 Å². The molecule has 0 bridgehead atoms. The van der Waals surface area contributed by atoms with Gasteiger partial charge in [-0.05, 0) is 61.6 Å². The second-order valence-electron chi connectivity index (χ2n) is 7.71. The van der Waals surface area contributed by atoms with Crippen LogP contribution in [0.15, 0.2) is 48.9 Å². The van der Waals surface area contributed by atoms with Gasteiger partial charge in [0, 0.05) is 42.7 Å². The number of aryl methyl sites for hydroxylation is 1. The Bertz CT molecular complexity index is 1080. The highest BCUT2D eigenvalue weighted by Crippen LogP contribution is 2.36. The Labute approximate surface area is 186 Å². The summed E-state index contributed by atoms with van der Waals surface area (Å²) in [6.45, 7) is 2.70. The average Bonchev–Trinajstić information content (AvgIpc) is 2.81. The van der Waals surface area contributed by atoms with Gasteiger partial charge in [0.1, 0.15) is 11.6 Å². The van der Waals surface area contributed by atoms with Crippen molar-refractivity contribution in [2.24, 2.45) is 0 Å². The van der Waals surface area contributed by atoms with Crippen molar-refractivity contribution < 1.29 is 9.18 Å². The van der Waals surface area contributed by atoms with Gasteiger partial charge in [-0.25, -0.2) is 14.4 Å². The van der Waals surface area contributed by atoms with Gasteiger partial charge in [-0.3, -0.25) is 9.78 Å². The SMILES string of the molecule is CCCc1ncc(-c2ccncc2)c([C@H]2CCCCN2C(=O)c2ccc(F)c(Cl)c2)n1. The second-order valence-corrected chi connectivity index (χ2v) is 8.12. The third kappa shape index (κ3) is 4.59. The molecule has 7 heteroatoms. The molecule has 1 fully saturated rings. The van der Waals surface area contributed by atoms with Crippen LogP contribution in [0.4, 0.5) is 4.39 Å². The molecule has 4 rings (SSSR count). The molecule has 3 heterocycles. The molecule has 0 unspecified atom stereocenters. The van der Waals surface area contributed by atoms with Crippen molar-refractivity contribution in [3.05, 3.63) is 76.8 Å². The Hall–Kier alpha value is -2.86. The molecule has 3 aromatic rings. The predicted molar refractivity (Wildman–Crippen MR) is 118 cm³/mol. The van der Waals surface area contributed by atoms with Gasteiger partial charge in [-0.1, -0.05) is 18.5 Å². The molecule has 1 aliphatic heterocycles. The van der Waals surface area contributed by atoms with Crippen LogP contribution in [0.5, 0.6) is 0 Å². The number of carbonyl (C=O) groups is 1. The van der Waals surface area contributed by atoms with Crippen molar-refractivity contribution in [2.75, 3.05) is 6.54 Å². The smallest absolute Gasteiger partial charge is 0.254 e. The summed E-state index contributed by atoms with van der Waals surface area (Å²) in [4.78, 5) is 28.8. The van der Waals surface area contributed by atoms with E-state index >= 15 is 0 Å². The van der Waals surface area contributed by atoms with E-state index in [1.165, 1.54) is 18.2 Å². The number of nitrogens with zero attached hydrogens (tertiary/aromatic N) is 4. The lowest BCUT2D eigenvalue weighted by molar-refractivity contribution is 0.0606. The van der Waals surface area contributed by atoms with Gasteiger partial charge in [0.2, 0.25) is 0 Å². The number of rotatable bonds is 5. The topological polar surface area (TPSA) is 59.0 Å². The molecule has 0 spiro atoms. The first-order valence-corrected chi connectivity index (χ1v) is 11.0. The Morgan fingerprint density at radius 3 is 2.77 bits per heavy atom. The molecule has 31 heavy (non-hydrogen) atoms. The van der Waals surface area contributed by atoms with E-state index in [0.717, 1.165) is 54.7 Å². The standard InChI is InChI=1S/C24H24ClFN4O/c1-2-5-22-28-15-18(16-9-11-27-12-10-16)23(29-22)21-6-3-4-13-30(21)24(31)17-7-8-20(26)19(25)14-17/h7-12,14-15,21H,2-6,13H2,1H3/t21-/m1/s1. The van der Waals surface area contributed by atoms with Gasteiger partial charge < -0.3 is 4.90 Å². The Morgan fingerprint density at radius 1 is 1.23 bits per heavy atom. The second kappa shape index (κ2) is 9.52. The highest BCUT2D eigenvalue weighted by molar-refractivity contribution is 6.31. The van der Waals surface area contributed by atoms with Crippen molar-refractivity contribution in [3.8, 4) is 11.1 Å². The van der Waals surface area contributed by atoms with Crippen molar-refractivity contribution in [3.63, 3.8) is 0 Å². The van der Waals surface area contributed by atoms with Crippen LogP contribution in [0.3, 0.4) is 0 Å². The summed E-state index contributed by atoms with van der Waals surface area (Å²) in [5, 5.41) is -0.0517. The van der Waals surface area contributed by atoms with E-state index in [0.29, 0.717) is 12.1 Å². The number of aromatic nitrogens is 3. The fourth-order valence-corrected chi connectivity index (χ4v) is 4.22. The van der Waals surface area contributed by atoms with E-state index in [-0.39, 0.29) is 17.0 Å². The van der Waals surface area contributed by atoms with Crippen LogP contribution in [0.1, 0.15) is 60.5 Å². The number of hydrogen-bond donors (Lipinski definition) is 0. The summed E-state index contributed by atoms with van der Waals surface area (Å²) in [5.74, 6) is 0.0782.